The van der Waals surface area contributed by atoms with Gasteiger partial charge in [-0.15, -0.1) is 11.3 Å². The van der Waals surface area contributed by atoms with Crippen LogP contribution in [0.15, 0.2) is 28.4 Å². The van der Waals surface area contributed by atoms with Gasteiger partial charge in [0.15, 0.2) is 5.69 Å². The molecule has 1 amide bonds. The predicted octanol–water partition coefficient (Wildman–Crippen LogP) is 2.26. The minimum absolute atomic E-state index is 0.0121. The van der Waals surface area contributed by atoms with E-state index in [4.69, 9.17) is 4.52 Å². The monoisotopic (exact) mass is 332 g/mol. The Morgan fingerprint density at radius 1 is 1.52 bits per heavy atom. The fourth-order valence-corrected chi connectivity index (χ4v) is 4.46. The Bertz CT molecular complexity index is 662. The van der Waals surface area contributed by atoms with Gasteiger partial charge >= 0.3 is 0 Å². The molecule has 1 saturated heterocycles. The Kier molecular flexibility index (Phi) is 3.69. The number of thiazole rings is 1. The normalized spacial score (nSPS) is 22.7. The summed E-state index contributed by atoms with van der Waals surface area (Å²) in [6.45, 7) is 2.55. The van der Waals surface area contributed by atoms with Gasteiger partial charge in [-0.3, -0.25) is 9.69 Å². The number of likely N-dealkylation sites (tertiary alicyclic amines) is 1. The van der Waals surface area contributed by atoms with Crippen molar-refractivity contribution < 1.29 is 9.32 Å². The van der Waals surface area contributed by atoms with Crippen LogP contribution in [0, 0.1) is 5.41 Å². The summed E-state index contributed by atoms with van der Waals surface area (Å²) in [6.07, 6.45) is 6.70. The van der Waals surface area contributed by atoms with E-state index < -0.39 is 0 Å². The fraction of sp³-hybridized carbons (Fsp3) is 0.562. The van der Waals surface area contributed by atoms with Crippen LogP contribution in [0.25, 0.3) is 0 Å². The average molecular weight is 332 g/mol. The molecule has 0 N–H and O–H groups in total. The van der Waals surface area contributed by atoms with Crippen LogP contribution < -0.4 is 0 Å². The van der Waals surface area contributed by atoms with Crippen LogP contribution >= 0.6 is 11.3 Å². The maximum Gasteiger partial charge on any atom is 0.276 e. The van der Waals surface area contributed by atoms with Crippen molar-refractivity contribution in [2.75, 3.05) is 20.1 Å². The number of carbonyl (C=O) groups is 1. The summed E-state index contributed by atoms with van der Waals surface area (Å²) < 4.78 is 4.77. The van der Waals surface area contributed by atoms with E-state index in [9.17, 15) is 4.79 Å². The van der Waals surface area contributed by atoms with Gasteiger partial charge in [0.05, 0.1) is 6.54 Å². The number of carbonyl (C=O) groups excluding carboxylic acids is 1. The Morgan fingerprint density at radius 2 is 2.35 bits per heavy atom. The van der Waals surface area contributed by atoms with Crippen molar-refractivity contribution in [2.24, 2.45) is 5.41 Å². The zero-order chi connectivity index (χ0) is 15.9. The molecule has 3 heterocycles. The smallest absolute Gasteiger partial charge is 0.276 e. The topological polar surface area (TPSA) is 62.5 Å². The lowest BCUT2D eigenvalue weighted by atomic mass is 9.92. The summed E-state index contributed by atoms with van der Waals surface area (Å²) in [6, 6.07) is 2.25. The molecule has 2 aliphatic rings. The van der Waals surface area contributed by atoms with Gasteiger partial charge in [-0.25, -0.2) is 4.98 Å². The predicted molar refractivity (Wildman–Crippen MR) is 86.1 cm³/mol. The van der Waals surface area contributed by atoms with Gasteiger partial charge in [0, 0.05) is 36.8 Å². The highest BCUT2D eigenvalue weighted by atomic mass is 32.1. The summed E-state index contributed by atoms with van der Waals surface area (Å²) >= 11 is 1.71. The van der Waals surface area contributed by atoms with Crippen molar-refractivity contribution in [1.82, 2.24) is 19.9 Å². The third-order valence-electron chi connectivity index (χ3n) is 5.25. The summed E-state index contributed by atoms with van der Waals surface area (Å²) in [4.78, 5) is 21.0. The highest BCUT2D eigenvalue weighted by Gasteiger charge is 2.56. The lowest BCUT2D eigenvalue weighted by Crippen LogP contribution is -2.41. The lowest BCUT2D eigenvalue weighted by molar-refractivity contribution is 0.0647. The number of hydrogen-bond acceptors (Lipinski definition) is 6. The molecule has 2 aromatic rings. The number of amides is 1. The van der Waals surface area contributed by atoms with E-state index in [0.717, 1.165) is 32.5 Å². The molecule has 0 radical (unpaired) electrons. The summed E-state index contributed by atoms with van der Waals surface area (Å²) in [5.41, 5.74) is 0.807. The lowest BCUT2D eigenvalue weighted by Gasteiger charge is -2.33. The second kappa shape index (κ2) is 5.72. The minimum Gasteiger partial charge on any atom is -0.364 e. The highest BCUT2D eigenvalue weighted by Crippen LogP contribution is 2.56. The van der Waals surface area contributed by atoms with Crippen LogP contribution in [0.4, 0.5) is 0 Å². The van der Waals surface area contributed by atoms with E-state index in [1.165, 1.54) is 17.7 Å². The van der Waals surface area contributed by atoms with Crippen molar-refractivity contribution in [3.8, 4) is 0 Å². The second-order valence-corrected chi connectivity index (χ2v) is 7.58. The Labute approximate surface area is 139 Å². The van der Waals surface area contributed by atoms with E-state index in [1.807, 2.05) is 16.5 Å². The minimum atomic E-state index is -0.0121. The molecular formula is C16H20N4O2S. The number of hydrogen-bond donors (Lipinski definition) is 0. The van der Waals surface area contributed by atoms with E-state index in [2.05, 4.69) is 22.1 Å². The van der Waals surface area contributed by atoms with Crippen molar-refractivity contribution in [3.05, 3.63) is 34.6 Å². The standard InChI is InChI=1S/C16H20N4O2S/c1-19(11-14-17-5-9-23-14)13-10-16(13)3-6-20(7-4-16)15(21)12-2-8-22-18-12/h2,5,8-9,13H,3-4,6-7,10-11H2,1H3/t13-/m0/s1. The first-order chi connectivity index (χ1) is 11.2. The maximum absolute atomic E-state index is 12.3. The molecule has 1 aliphatic heterocycles. The first-order valence-electron chi connectivity index (χ1n) is 7.96. The number of piperidine rings is 1. The Hall–Kier alpha value is -1.73. The first-order valence-corrected chi connectivity index (χ1v) is 8.84. The molecule has 1 atom stereocenters. The van der Waals surface area contributed by atoms with Crippen LogP contribution in [0.1, 0.15) is 34.8 Å². The highest BCUT2D eigenvalue weighted by molar-refractivity contribution is 7.09. The SMILES string of the molecule is CN(Cc1nccs1)[C@H]1CC12CCN(C(=O)c1ccon1)CC2. The summed E-state index contributed by atoms with van der Waals surface area (Å²) in [7, 11) is 2.19. The molecule has 2 aromatic heterocycles. The molecule has 122 valence electrons. The van der Waals surface area contributed by atoms with Gasteiger partial charge in [-0.05, 0) is 31.7 Å². The van der Waals surface area contributed by atoms with Gasteiger partial charge in [0.1, 0.15) is 11.3 Å². The van der Waals surface area contributed by atoms with Crippen LogP contribution in [0.2, 0.25) is 0 Å². The van der Waals surface area contributed by atoms with Crippen molar-refractivity contribution in [1.29, 1.82) is 0 Å². The van der Waals surface area contributed by atoms with Gasteiger partial charge in [-0.2, -0.15) is 0 Å². The van der Waals surface area contributed by atoms with Crippen molar-refractivity contribution >= 4 is 17.2 Å². The van der Waals surface area contributed by atoms with E-state index in [-0.39, 0.29) is 5.91 Å². The zero-order valence-corrected chi connectivity index (χ0v) is 14.0. The molecule has 0 bridgehead atoms. The number of nitrogens with zero attached hydrogens (tertiary/aromatic N) is 4. The zero-order valence-electron chi connectivity index (χ0n) is 13.1. The Morgan fingerprint density at radius 3 is 3.00 bits per heavy atom. The molecule has 7 heteroatoms. The summed E-state index contributed by atoms with van der Waals surface area (Å²) in [5, 5.41) is 6.95. The largest absolute Gasteiger partial charge is 0.364 e. The van der Waals surface area contributed by atoms with Crippen LogP contribution in [0.5, 0.6) is 0 Å². The van der Waals surface area contributed by atoms with Crippen LogP contribution in [-0.4, -0.2) is 52.0 Å². The molecular weight excluding hydrogens is 312 g/mol. The van der Waals surface area contributed by atoms with E-state index >= 15 is 0 Å². The third kappa shape index (κ3) is 2.79. The maximum atomic E-state index is 12.3. The molecule has 1 spiro atoms. The van der Waals surface area contributed by atoms with Gasteiger partial charge in [-0.1, -0.05) is 5.16 Å². The molecule has 1 saturated carbocycles. The molecule has 4 rings (SSSR count). The average Bonchev–Trinajstić information content (AvgIpc) is 2.99. The molecule has 6 nitrogen and oxygen atoms in total. The molecule has 2 fully saturated rings. The van der Waals surface area contributed by atoms with Crippen LogP contribution in [-0.2, 0) is 6.54 Å². The quantitative estimate of drug-likeness (QED) is 0.859. The summed E-state index contributed by atoms with van der Waals surface area (Å²) in [5.74, 6) is -0.0121. The fourth-order valence-electron chi connectivity index (χ4n) is 3.78. The molecule has 0 unspecified atom stereocenters. The van der Waals surface area contributed by atoms with Crippen molar-refractivity contribution in [2.45, 2.75) is 31.8 Å². The molecule has 0 aromatic carbocycles. The van der Waals surface area contributed by atoms with Gasteiger partial charge in [0.2, 0.25) is 0 Å². The van der Waals surface area contributed by atoms with Crippen molar-refractivity contribution in [3.63, 3.8) is 0 Å². The molecule has 1 aliphatic carbocycles. The van der Waals surface area contributed by atoms with E-state index in [0.29, 0.717) is 17.2 Å². The van der Waals surface area contributed by atoms with Gasteiger partial charge in [0.25, 0.3) is 5.91 Å². The number of rotatable bonds is 4. The molecule has 23 heavy (non-hydrogen) atoms. The second-order valence-electron chi connectivity index (χ2n) is 6.60. The third-order valence-corrected chi connectivity index (χ3v) is 6.01. The van der Waals surface area contributed by atoms with Gasteiger partial charge < -0.3 is 9.42 Å². The van der Waals surface area contributed by atoms with E-state index in [1.54, 1.807) is 17.4 Å². The Balaban J connectivity index is 1.32. The number of aromatic nitrogens is 2. The first kappa shape index (κ1) is 14.8. The van der Waals surface area contributed by atoms with Crippen LogP contribution in [0.3, 0.4) is 0 Å².